The van der Waals surface area contributed by atoms with E-state index in [1.165, 1.54) is 33.8 Å². The number of benzene rings is 1. The van der Waals surface area contributed by atoms with Crippen molar-refractivity contribution in [3.8, 4) is 5.75 Å². The highest BCUT2D eigenvalue weighted by molar-refractivity contribution is 5.92. The summed E-state index contributed by atoms with van der Waals surface area (Å²) in [6.07, 6.45) is -4.72. The molecule has 0 bridgehead atoms. The zero-order chi connectivity index (χ0) is 17.2. The second-order valence-electron chi connectivity index (χ2n) is 5.15. The van der Waals surface area contributed by atoms with Crippen LogP contribution in [0.15, 0.2) is 30.3 Å². The minimum Gasteiger partial charge on any atom is -0.406 e. The molecular formula is C15H16F3N3O2. The molecule has 1 amide bonds. The van der Waals surface area contributed by atoms with E-state index in [-0.39, 0.29) is 18.2 Å². The molecule has 1 heterocycles. The Kier molecular flexibility index (Phi) is 4.63. The summed E-state index contributed by atoms with van der Waals surface area (Å²) in [6.45, 7) is 2.05. The number of nitrogens with zero attached hydrogens (tertiary/aromatic N) is 3. The molecule has 0 N–H and O–H groups in total. The van der Waals surface area contributed by atoms with E-state index < -0.39 is 6.36 Å². The van der Waals surface area contributed by atoms with Crippen molar-refractivity contribution in [2.24, 2.45) is 7.05 Å². The second-order valence-corrected chi connectivity index (χ2v) is 5.15. The second kappa shape index (κ2) is 6.31. The third-order valence-corrected chi connectivity index (χ3v) is 3.14. The molecule has 2 aromatic rings. The Morgan fingerprint density at radius 1 is 1.30 bits per heavy atom. The fourth-order valence-electron chi connectivity index (χ4n) is 2.15. The lowest BCUT2D eigenvalue weighted by molar-refractivity contribution is -0.274. The van der Waals surface area contributed by atoms with Gasteiger partial charge in [0.15, 0.2) is 0 Å². The number of hydrogen-bond donors (Lipinski definition) is 0. The van der Waals surface area contributed by atoms with E-state index in [1.807, 2.05) is 0 Å². The summed E-state index contributed by atoms with van der Waals surface area (Å²) in [7, 11) is 3.29. The van der Waals surface area contributed by atoms with Gasteiger partial charge in [0.05, 0.1) is 5.69 Å². The van der Waals surface area contributed by atoms with E-state index in [0.29, 0.717) is 11.3 Å². The number of alkyl halides is 3. The molecule has 23 heavy (non-hydrogen) atoms. The predicted molar refractivity (Wildman–Crippen MR) is 76.9 cm³/mol. The number of carbonyl (C=O) groups excluding carboxylic acids is 1. The lowest BCUT2D eigenvalue weighted by Gasteiger charge is -2.17. The molecule has 124 valence electrons. The molecule has 0 aliphatic carbocycles. The number of aromatic nitrogens is 2. The van der Waals surface area contributed by atoms with Gasteiger partial charge in [-0.05, 0) is 30.7 Å². The summed E-state index contributed by atoms with van der Waals surface area (Å²) >= 11 is 0. The van der Waals surface area contributed by atoms with Crippen LogP contribution in [-0.4, -0.2) is 34.0 Å². The van der Waals surface area contributed by atoms with Crippen molar-refractivity contribution in [1.29, 1.82) is 0 Å². The topological polar surface area (TPSA) is 47.4 Å². The van der Waals surface area contributed by atoms with Crippen LogP contribution >= 0.6 is 0 Å². The molecule has 8 heteroatoms. The third-order valence-electron chi connectivity index (χ3n) is 3.14. The number of halogens is 3. The van der Waals surface area contributed by atoms with Crippen LogP contribution in [0.5, 0.6) is 5.75 Å². The van der Waals surface area contributed by atoms with E-state index in [2.05, 4.69) is 9.84 Å². The van der Waals surface area contributed by atoms with Gasteiger partial charge in [-0.15, -0.1) is 13.2 Å². The first-order chi connectivity index (χ1) is 10.7. The number of carbonyl (C=O) groups is 1. The van der Waals surface area contributed by atoms with Gasteiger partial charge in [0.2, 0.25) is 0 Å². The average Bonchev–Trinajstić information content (AvgIpc) is 2.77. The van der Waals surface area contributed by atoms with Crippen molar-refractivity contribution in [2.45, 2.75) is 19.8 Å². The summed E-state index contributed by atoms with van der Waals surface area (Å²) in [5.74, 6) is -0.513. The van der Waals surface area contributed by atoms with E-state index >= 15 is 0 Å². The monoisotopic (exact) mass is 327 g/mol. The van der Waals surface area contributed by atoms with Crippen molar-refractivity contribution >= 4 is 5.91 Å². The first-order valence-corrected chi connectivity index (χ1v) is 6.76. The van der Waals surface area contributed by atoms with Gasteiger partial charge >= 0.3 is 6.36 Å². The molecule has 2 rings (SSSR count). The minimum atomic E-state index is -4.72. The van der Waals surface area contributed by atoms with Crippen LogP contribution in [0.25, 0.3) is 0 Å². The molecular weight excluding hydrogens is 311 g/mol. The van der Waals surface area contributed by atoms with Gasteiger partial charge in [-0.1, -0.05) is 12.1 Å². The summed E-state index contributed by atoms with van der Waals surface area (Å²) < 4.78 is 41.6. The average molecular weight is 327 g/mol. The molecule has 0 saturated carbocycles. The van der Waals surface area contributed by atoms with Gasteiger partial charge in [0.25, 0.3) is 5.91 Å². The molecule has 0 radical (unpaired) electrons. The number of hydrogen-bond acceptors (Lipinski definition) is 3. The van der Waals surface area contributed by atoms with Gasteiger partial charge in [0, 0.05) is 20.6 Å². The lowest BCUT2D eigenvalue weighted by atomic mass is 10.2. The first kappa shape index (κ1) is 16.9. The Balaban J connectivity index is 2.04. The van der Waals surface area contributed by atoms with Gasteiger partial charge in [-0.3, -0.25) is 9.48 Å². The van der Waals surface area contributed by atoms with Crippen LogP contribution in [0.4, 0.5) is 13.2 Å². The Hall–Kier alpha value is -2.51. The van der Waals surface area contributed by atoms with Gasteiger partial charge in [0.1, 0.15) is 11.4 Å². The van der Waals surface area contributed by atoms with Gasteiger partial charge in [-0.2, -0.15) is 5.10 Å². The van der Waals surface area contributed by atoms with Crippen molar-refractivity contribution in [3.63, 3.8) is 0 Å². The SMILES string of the molecule is Cc1cc(C(=O)N(C)Cc2ccc(OC(F)(F)F)cc2)n(C)n1. The molecule has 1 aromatic carbocycles. The van der Waals surface area contributed by atoms with Crippen LogP contribution in [-0.2, 0) is 13.6 Å². The minimum absolute atomic E-state index is 0.219. The number of amides is 1. The Bertz CT molecular complexity index is 693. The van der Waals surface area contributed by atoms with Crippen molar-refractivity contribution < 1.29 is 22.7 Å². The van der Waals surface area contributed by atoms with E-state index in [4.69, 9.17) is 0 Å². The maximum atomic E-state index is 12.3. The molecule has 0 spiro atoms. The van der Waals surface area contributed by atoms with E-state index in [0.717, 1.165) is 5.69 Å². The van der Waals surface area contributed by atoms with Crippen LogP contribution in [0.1, 0.15) is 21.7 Å². The van der Waals surface area contributed by atoms with Gasteiger partial charge in [-0.25, -0.2) is 0 Å². The van der Waals surface area contributed by atoms with Crippen LogP contribution in [0.3, 0.4) is 0 Å². The molecule has 0 aliphatic heterocycles. The number of rotatable bonds is 4. The summed E-state index contributed by atoms with van der Waals surface area (Å²) in [4.78, 5) is 13.8. The van der Waals surface area contributed by atoms with Crippen molar-refractivity contribution in [3.05, 3.63) is 47.3 Å². The Morgan fingerprint density at radius 3 is 2.39 bits per heavy atom. The zero-order valence-corrected chi connectivity index (χ0v) is 12.9. The molecule has 5 nitrogen and oxygen atoms in total. The smallest absolute Gasteiger partial charge is 0.406 e. The summed E-state index contributed by atoms with van der Waals surface area (Å²) in [5, 5.41) is 4.11. The molecule has 0 atom stereocenters. The van der Waals surface area contributed by atoms with Crippen LogP contribution in [0.2, 0.25) is 0 Å². The highest BCUT2D eigenvalue weighted by Crippen LogP contribution is 2.23. The number of ether oxygens (including phenoxy) is 1. The molecule has 1 aromatic heterocycles. The van der Waals surface area contributed by atoms with Crippen molar-refractivity contribution in [1.82, 2.24) is 14.7 Å². The maximum Gasteiger partial charge on any atom is 0.573 e. The van der Waals surface area contributed by atoms with Crippen LogP contribution in [0, 0.1) is 6.92 Å². The van der Waals surface area contributed by atoms with Gasteiger partial charge < -0.3 is 9.64 Å². The summed E-state index contributed by atoms with van der Waals surface area (Å²) in [5.41, 5.74) is 1.87. The van der Waals surface area contributed by atoms with E-state index in [1.54, 1.807) is 27.1 Å². The highest BCUT2D eigenvalue weighted by atomic mass is 19.4. The van der Waals surface area contributed by atoms with Crippen LogP contribution < -0.4 is 4.74 Å². The fourth-order valence-corrected chi connectivity index (χ4v) is 2.15. The predicted octanol–water partition coefficient (Wildman–Crippen LogP) is 2.90. The normalized spacial score (nSPS) is 11.4. The Labute approximate surface area is 131 Å². The summed E-state index contributed by atoms with van der Waals surface area (Å²) in [6, 6.07) is 7.09. The maximum absolute atomic E-state index is 12.3. The molecule has 0 unspecified atom stereocenters. The molecule has 0 fully saturated rings. The lowest BCUT2D eigenvalue weighted by Crippen LogP contribution is -2.28. The fraction of sp³-hybridized carbons (Fsp3) is 0.333. The molecule has 0 aliphatic rings. The third kappa shape index (κ3) is 4.48. The quantitative estimate of drug-likeness (QED) is 0.867. The standard InChI is InChI=1S/C15H16F3N3O2/c1-10-8-13(21(3)19-10)14(22)20(2)9-11-4-6-12(7-5-11)23-15(16,17)18/h4-8H,9H2,1-3H3. The first-order valence-electron chi connectivity index (χ1n) is 6.76. The zero-order valence-electron chi connectivity index (χ0n) is 12.9. The Morgan fingerprint density at radius 2 is 1.91 bits per heavy atom. The molecule has 0 saturated heterocycles. The van der Waals surface area contributed by atoms with Crippen molar-refractivity contribution in [2.75, 3.05) is 7.05 Å². The largest absolute Gasteiger partial charge is 0.573 e. The van der Waals surface area contributed by atoms with E-state index in [9.17, 15) is 18.0 Å². The highest BCUT2D eigenvalue weighted by Gasteiger charge is 2.31. The number of aryl methyl sites for hydroxylation is 2.